The Kier molecular flexibility index (Phi) is 60.6. The topological polar surface area (TPSA) is 134 Å². The Balaban J connectivity index is 3.79. The lowest BCUT2D eigenvalue weighted by Gasteiger charge is -2.19. The van der Waals surface area contributed by atoms with E-state index < -0.39 is 26.5 Å². The highest BCUT2D eigenvalue weighted by atomic mass is 31.2. The molecule has 2 atom stereocenters. The summed E-state index contributed by atoms with van der Waals surface area (Å²) in [6.45, 7) is 3.64. The average molecular weight is 1100 g/mol. The Hall–Kier alpha value is -2.55. The van der Waals surface area contributed by atoms with Gasteiger partial charge in [0.15, 0.2) is 6.10 Å². The van der Waals surface area contributed by atoms with E-state index in [2.05, 4.69) is 86.8 Å². The maximum Gasteiger partial charge on any atom is 0.472 e. The van der Waals surface area contributed by atoms with Crippen LogP contribution in [-0.4, -0.2) is 49.3 Å². The van der Waals surface area contributed by atoms with Crippen LogP contribution < -0.4 is 5.73 Å². The molecule has 0 aromatic carbocycles. The fraction of sp³-hybridized carbons (Fsp3) is 0.791. The molecule has 0 fully saturated rings. The number of hydrogen-bond acceptors (Lipinski definition) is 8. The number of allylic oxidation sites excluding steroid dienone is 12. The summed E-state index contributed by atoms with van der Waals surface area (Å²) >= 11 is 0. The van der Waals surface area contributed by atoms with Crippen LogP contribution in [-0.2, 0) is 32.7 Å². The van der Waals surface area contributed by atoms with E-state index in [4.69, 9.17) is 24.3 Å². The molecule has 0 bridgehead atoms. The molecule has 0 saturated carbocycles. The number of rotatable bonds is 61. The van der Waals surface area contributed by atoms with Gasteiger partial charge in [-0.3, -0.25) is 18.6 Å². The summed E-state index contributed by atoms with van der Waals surface area (Å²) in [4.78, 5) is 35.2. The van der Waals surface area contributed by atoms with E-state index in [1.807, 2.05) is 0 Å². The Morgan fingerprint density at radius 3 is 1.06 bits per heavy atom. The van der Waals surface area contributed by atoms with E-state index in [0.29, 0.717) is 6.42 Å². The zero-order valence-corrected chi connectivity index (χ0v) is 51.1. The Morgan fingerprint density at radius 1 is 0.403 bits per heavy atom. The molecule has 448 valence electrons. The first-order chi connectivity index (χ1) is 37.8. The van der Waals surface area contributed by atoms with E-state index in [-0.39, 0.29) is 38.6 Å². The summed E-state index contributed by atoms with van der Waals surface area (Å²) in [5.74, 6) is -0.830. The second-order valence-corrected chi connectivity index (χ2v) is 23.1. The van der Waals surface area contributed by atoms with Crippen LogP contribution in [0.4, 0.5) is 0 Å². The maximum absolute atomic E-state index is 12.7. The van der Waals surface area contributed by atoms with Crippen LogP contribution in [0.3, 0.4) is 0 Å². The van der Waals surface area contributed by atoms with Gasteiger partial charge in [0.05, 0.1) is 13.2 Å². The molecule has 0 amide bonds. The van der Waals surface area contributed by atoms with Crippen LogP contribution in [0, 0.1) is 0 Å². The van der Waals surface area contributed by atoms with Crippen LogP contribution in [0.2, 0.25) is 0 Å². The summed E-state index contributed by atoms with van der Waals surface area (Å²) in [5.41, 5.74) is 5.39. The molecule has 0 aliphatic rings. The fourth-order valence-electron chi connectivity index (χ4n) is 9.31. The SMILES string of the molecule is CC/C=C\C/C=C\C/C=C\CCCCCCCCCC(=O)OCC(COP(=O)(O)OCCN)OC(=O)CCCCCCCCCCCCCCCCCCCCCCCCCC/C=C\C/C=C\C/C=C\CCCCCCC. The quantitative estimate of drug-likeness (QED) is 0.0264. The molecule has 0 aliphatic heterocycles. The number of carbonyl (C=O) groups is 2. The minimum absolute atomic E-state index is 0.0511. The molecule has 0 radical (unpaired) electrons. The summed E-state index contributed by atoms with van der Waals surface area (Å²) in [7, 11) is -4.39. The van der Waals surface area contributed by atoms with Gasteiger partial charge in [0.2, 0.25) is 0 Å². The largest absolute Gasteiger partial charge is 0.472 e. The zero-order valence-electron chi connectivity index (χ0n) is 50.2. The van der Waals surface area contributed by atoms with Gasteiger partial charge in [0.1, 0.15) is 6.61 Å². The van der Waals surface area contributed by atoms with Crippen LogP contribution in [0.15, 0.2) is 72.9 Å². The number of ether oxygens (including phenoxy) is 2. The maximum atomic E-state index is 12.7. The van der Waals surface area contributed by atoms with Crippen molar-refractivity contribution in [1.29, 1.82) is 0 Å². The molecule has 77 heavy (non-hydrogen) atoms. The number of hydrogen-bond donors (Lipinski definition) is 2. The number of phosphoric acid groups is 1. The van der Waals surface area contributed by atoms with E-state index in [9.17, 15) is 19.0 Å². The third-order valence-corrected chi connectivity index (χ3v) is 15.1. The van der Waals surface area contributed by atoms with Gasteiger partial charge in [0.25, 0.3) is 0 Å². The minimum Gasteiger partial charge on any atom is -0.462 e. The third-order valence-electron chi connectivity index (χ3n) is 14.1. The number of phosphoric ester groups is 1. The van der Waals surface area contributed by atoms with Crippen molar-refractivity contribution >= 4 is 19.8 Å². The number of carbonyl (C=O) groups excluding carboxylic acids is 2. The van der Waals surface area contributed by atoms with Gasteiger partial charge in [0, 0.05) is 19.4 Å². The van der Waals surface area contributed by atoms with Crippen molar-refractivity contribution in [3.05, 3.63) is 72.9 Å². The lowest BCUT2D eigenvalue weighted by molar-refractivity contribution is -0.161. The van der Waals surface area contributed by atoms with Crippen LogP contribution >= 0.6 is 7.82 Å². The first kappa shape index (κ1) is 74.5. The van der Waals surface area contributed by atoms with Crippen molar-refractivity contribution in [2.75, 3.05) is 26.4 Å². The summed E-state index contributed by atoms with van der Waals surface area (Å²) < 4.78 is 33.1. The Bertz CT molecular complexity index is 1490. The smallest absolute Gasteiger partial charge is 0.462 e. The van der Waals surface area contributed by atoms with Crippen molar-refractivity contribution in [1.82, 2.24) is 0 Å². The summed E-state index contributed by atoms with van der Waals surface area (Å²) in [6.07, 6.45) is 81.4. The molecule has 3 N–H and O–H groups in total. The molecule has 2 unspecified atom stereocenters. The molecule has 0 aliphatic carbocycles. The van der Waals surface area contributed by atoms with E-state index in [1.54, 1.807) is 0 Å². The Labute approximate surface area is 475 Å². The van der Waals surface area contributed by atoms with E-state index in [1.165, 1.54) is 199 Å². The molecule has 9 nitrogen and oxygen atoms in total. The van der Waals surface area contributed by atoms with Crippen molar-refractivity contribution in [3.8, 4) is 0 Å². The first-order valence-electron chi connectivity index (χ1n) is 32.4. The number of nitrogens with two attached hydrogens (primary N) is 1. The highest BCUT2D eigenvalue weighted by Gasteiger charge is 2.26. The second kappa shape index (κ2) is 62.6. The molecular formula is C67H122NO8P. The predicted octanol–water partition coefficient (Wildman–Crippen LogP) is 20.9. The normalized spacial score (nSPS) is 13.5. The molecule has 0 heterocycles. The van der Waals surface area contributed by atoms with Crippen LogP contribution in [0.25, 0.3) is 0 Å². The minimum atomic E-state index is -4.39. The second-order valence-electron chi connectivity index (χ2n) is 21.6. The Morgan fingerprint density at radius 2 is 0.714 bits per heavy atom. The molecule has 0 rings (SSSR count). The molecule has 10 heteroatoms. The van der Waals surface area contributed by atoms with Crippen LogP contribution in [0.5, 0.6) is 0 Å². The van der Waals surface area contributed by atoms with Gasteiger partial charge in [-0.1, -0.05) is 286 Å². The van der Waals surface area contributed by atoms with Gasteiger partial charge in [-0.05, 0) is 83.5 Å². The van der Waals surface area contributed by atoms with Gasteiger partial charge in [-0.25, -0.2) is 4.57 Å². The lowest BCUT2D eigenvalue weighted by Crippen LogP contribution is -2.29. The van der Waals surface area contributed by atoms with Gasteiger partial charge in [-0.15, -0.1) is 0 Å². The highest BCUT2D eigenvalue weighted by Crippen LogP contribution is 2.43. The monoisotopic (exact) mass is 1100 g/mol. The fourth-order valence-corrected chi connectivity index (χ4v) is 10.1. The molecule has 0 saturated heterocycles. The summed E-state index contributed by atoms with van der Waals surface area (Å²) in [6, 6.07) is 0. The number of unbranched alkanes of at least 4 members (excludes halogenated alkanes) is 36. The van der Waals surface area contributed by atoms with Crippen molar-refractivity contribution in [3.63, 3.8) is 0 Å². The summed E-state index contributed by atoms with van der Waals surface area (Å²) in [5, 5.41) is 0. The third kappa shape index (κ3) is 62.5. The van der Waals surface area contributed by atoms with E-state index >= 15 is 0 Å². The van der Waals surface area contributed by atoms with Gasteiger partial charge >= 0.3 is 19.8 Å². The van der Waals surface area contributed by atoms with E-state index in [0.717, 1.165) is 77.0 Å². The molecule has 0 spiro atoms. The molecular weight excluding hydrogens is 978 g/mol. The van der Waals surface area contributed by atoms with Crippen molar-refractivity contribution < 1.29 is 37.6 Å². The molecule has 0 aromatic rings. The molecule has 0 aromatic heterocycles. The average Bonchev–Trinajstić information content (AvgIpc) is 3.42. The van der Waals surface area contributed by atoms with Gasteiger partial charge in [-0.2, -0.15) is 0 Å². The standard InChI is InChI=1S/C67H122NO8P/c1-3-5-7-9-11-13-15-17-19-21-22-23-24-25-26-27-28-29-30-31-32-33-34-35-36-37-38-39-40-41-42-44-46-48-50-52-54-56-58-60-67(70)76-65(64-75-77(71,72)74-62-61-68)63-73-66(69)59-57-55-53-51-49-47-45-43-20-18-16-14-12-10-8-6-4-2/h6,8,12,14-15,17-18,20-22,24-25,65H,3-5,7,9-11,13,16,19,23,26-64,68H2,1-2H3,(H,71,72)/b8-6-,14-12-,17-15-,20-18-,22-21-,25-24-. The highest BCUT2D eigenvalue weighted by molar-refractivity contribution is 7.47. The predicted molar refractivity (Wildman–Crippen MR) is 330 cm³/mol. The van der Waals surface area contributed by atoms with Crippen LogP contribution in [0.1, 0.15) is 309 Å². The van der Waals surface area contributed by atoms with Gasteiger partial charge < -0.3 is 20.1 Å². The van der Waals surface area contributed by atoms with Crippen molar-refractivity contribution in [2.45, 2.75) is 315 Å². The first-order valence-corrected chi connectivity index (χ1v) is 33.9. The van der Waals surface area contributed by atoms with Crippen molar-refractivity contribution in [2.24, 2.45) is 5.73 Å². The lowest BCUT2D eigenvalue weighted by atomic mass is 10.0. The zero-order chi connectivity index (χ0) is 55.9. The number of esters is 2.